The standard InChI is InChI=1S/C22H21N5O/c1-15-11-19(17-7-5-4-6-8-17)26-22(24-15)25-18-9-10-20(21(12-18)28-3)27-13-16(2)23-14-27/h4-14H,1-3H3,(H,24,25,26). The van der Waals surface area contributed by atoms with Gasteiger partial charge in [0, 0.05) is 29.2 Å². The van der Waals surface area contributed by atoms with Crippen molar-refractivity contribution in [1.82, 2.24) is 19.5 Å². The Morgan fingerprint density at radius 3 is 2.46 bits per heavy atom. The highest BCUT2D eigenvalue weighted by Crippen LogP contribution is 2.28. The van der Waals surface area contributed by atoms with Crippen LogP contribution in [-0.4, -0.2) is 26.6 Å². The van der Waals surface area contributed by atoms with Crippen molar-refractivity contribution in [3.63, 3.8) is 0 Å². The first kappa shape index (κ1) is 17.7. The lowest BCUT2D eigenvalue weighted by atomic mass is 10.1. The van der Waals surface area contributed by atoms with Gasteiger partial charge in [0.25, 0.3) is 0 Å². The van der Waals surface area contributed by atoms with Gasteiger partial charge >= 0.3 is 0 Å². The maximum Gasteiger partial charge on any atom is 0.227 e. The fraction of sp³-hybridized carbons (Fsp3) is 0.136. The van der Waals surface area contributed by atoms with E-state index in [1.54, 1.807) is 13.4 Å². The quantitative estimate of drug-likeness (QED) is 0.551. The third-order valence-corrected chi connectivity index (χ3v) is 4.35. The van der Waals surface area contributed by atoms with Crippen molar-refractivity contribution in [1.29, 1.82) is 0 Å². The van der Waals surface area contributed by atoms with Crippen LogP contribution in [0, 0.1) is 13.8 Å². The summed E-state index contributed by atoms with van der Waals surface area (Å²) in [6.07, 6.45) is 3.73. The molecular formula is C22H21N5O. The van der Waals surface area contributed by atoms with Crippen LogP contribution in [0.4, 0.5) is 11.6 Å². The largest absolute Gasteiger partial charge is 0.494 e. The molecule has 4 aromatic rings. The number of hydrogen-bond donors (Lipinski definition) is 1. The van der Waals surface area contributed by atoms with Crippen molar-refractivity contribution in [2.24, 2.45) is 0 Å². The van der Waals surface area contributed by atoms with Crippen LogP contribution in [0.1, 0.15) is 11.4 Å². The molecule has 0 fully saturated rings. The molecule has 0 bridgehead atoms. The Hall–Kier alpha value is -3.67. The molecule has 0 amide bonds. The molecule has 0 aliphatic carbocycles. The first-order valence-corrected chi connectivity index (χ1v) is 8.99. The highest BCUT2D eigenvalue weighted by molar-refractivity contribution is 5.65. The number of anilines is 2. The Kier molecular flexibility index (Phi) is 4.76. The van der Waals surface area contributed by atoms with Crippen LogP contribution in [0.15, 0.2) is 67.1 Å². The van der Waals surface area contributed by atoms with Crippen LogP contribution in [0.2, 0.25) is 0 Å². The highest BCUT2D eigenvalue weighted by Gasteiger charge is 2.09. The van der Waals surface area contributed by atoms with E-state index in [4.69, 9.17) is 4.74 Å². The first-order chi connectivity index (χ1) is 13.6. The van der Waals surface area contributed by atoms with Crippen LogP contribution < -0.4 is 10.1 Å². The Bertz CT molecular complexity index is 1110. The molecule has 2 aromatic heterocycles. The smallest absolute Gasteiger partial charge is 0.227 e. The molecule has 0 aliphatic heterocycles. The van der Waals surface area contributed by atoms with Crippen LogP contribution in [0.3, 0.4) is 0 Å². The predicted molar refractivity (Wildman–Crippen MR) is 110 cm³/mol. The number of hydrogen-bond acceptors (Lipinski definition) is 5. The summed E-state index contributed by atoms with van der Waals surface area (Å²) in [6, 6.07) is 17.9. The third-order valence-electron chi connectivity index (χ3n) is 4.35. The van der Waals surface area contributed by atoms with Crippen molar-refractivity contribution < 1.29 is 4.74 Å². The fourth-order valence-corrected chi connectivity index (χ4v) is 3.03. The summed E-state index contributed by atoms with van der Waals surface area (Å²) in [5, 5.41) is 3.29. The van der Waals surface area contributed by atoms with Gasteiger partial charge in [0.1, 0.15) is 5.75 Å². The van der Waals surface area contributed by atoms with Crippen molar-refractivity contribution in [3.8, 4) is 22.7 Å². The maximum atomic E-state index is 5.57. The van der Waals surface area contributed by atoms with Gasteiger partial charge in [0.2, 0.25) is 5.95 Å². The van der Waals surface area contributed by atoms with E-state index in [0.717, 1.165) is 39.8 Å². The van der Waals surface area contributed by atoms with Gasteiger partial charge < -0.3 is 14.6 Å². The lowest BCUT2D eigenvalue weighted by molar-refractivity contribution is 0.413. The monoisotopic (exact) mass is 371 g/mol. The summed E-state index contributed by atoms with van der Waals surface area (Å²) in [7, 11) is 1.66. The number of imidazole rings is 1. The number of nitrogens with zero attached hydrogens (tertiary/aromatic N) is 4. The minimum absolute atomic E-state index is 0.548. The molecule has 0 spiro atoms. The molecule has 28 heavy (non-hydrogen) atoms. The molecule has 6 nitrogen and oxygen atoms in total. The topological polar surface area (TPSA) is 64.9 Å². The minimum atomic E-state index is 0.548. The molecular weight excluding hydrogens is 350 g/mol. The molecule has 2 aromatic carbocycles. The van der Waals surface area contributed by atoms with Gasteiger partial charge in [0.15, 0.2) is 0 Å². The van der Waals surface area contributed by atoms with E-state index >= 15 is 0 Å². The van der Waals surface area contributed by atoms with Crippen molar-refractivity contribution in [3.05, 3.63) is 78.5 Å². The molecule has 4 rings (SSSR count). The molecule has 1 N–H and O–H groups in total. The molecule has 0 aliphatic rings. The van der Waals surface area contributed by atoms with E-state index in [-0.39, 0.29) is 0 Å². The lowest BCUT2D eigenvalue weighted by Gasteiger charge is -2.13. The van der Waals surface area contributed by atoms with E-state index in [1.807, 2.05) is 79.2 Å². The maximum absolute atomic E-state index is 5.57. The summed E-state index contributed by atoms with van der Waals surface area (Å²) >= 11 is 0. The average molecular weight is 371 g/mol. The first-order valence-electron chi connectivity index (χ1n) is 8.99. The minimum Gasteiger partial charge on any atom is -0.494 e. The van der Waals surface area contributed by atoms with Crippen LogP contribution in [0.5, 0.6) is 5.75 Å². The van der Waals surface area contributed by atoms with Gasteiger partial charge in [-0.15, -0.1) is 0 Å². The van der Waals surface area contributed by atoms with E-state index in [2.05, 4.69) is 20.3 Å². The van der Waals surface area contributed by atoms with Gasteiger partial charge in [-0.3, -0.25) is 0 Å². The Morgan fingerprint density at radius 2 is 1.75 bits per heavy atom. The van der Waals surface area contributed by atoms with Gasteiger partial charge in [-0.1, -0.05) is 30.3 Å². The van der Waals surface area contributed by atoms with Crippen molar-refractivity contribution in [2.75, 3.05) is 12.4 Å². The number of ether oxygens (including phenoxy) is 1. The predicted octanol–water partition coefficient (Wildman–Crippen LogP) is 4.70. The fourth-order valence-electron chi connectivity index (χ4n) is 3.03. The SMILES string of the molecule is COc1cc(Nc2nc(C)cc(-c3ccccc3)n2)ccc1-n1cnc(C)c1. The lowest BCUT2D eigenvalue weighted by Crippen LogP contribution is -2.02. The number of rotatable bonds is 5. The molecule has 0 saturated heterocycles. The average Bonchev–Trinajstić information content (AvgIpc) is 3.14. The van der Waals surface area contributed by atoms with Crippen molar-refractivity contribution >= 4 is 11.6 Å². The number of aryl methyl sites for hydroxylation is 2. The molecule has 0 radical (unpaired) electrons. The summed E-state index contributed by atoms with van der Waals surface area (Å²) in [6.45, 7) is 3.92. The second-order valence-corrected chi connectivity index (χ2v) is 6.52. The molecule has 0 unspecified atom stereocenters. The van der Waals surface area contributed by atoms with Gasteiger partial charge in [-0.25, -0.2) is 15.0 Å². The zero-order valence-electron chi connectivity index (χ0n) is 16.0. The Morgan fingerprint density at radius 1 is 0.929 bits per heavy atom. The van der Waals surface area contributed by atoms with Crippen LogP contribution >= 0.6 is 0 Å². The third kappa shape index (κ3) is 3.71. The zero-order valence-corrected chi connectivity index (χ0v) is 16.0. The van der Waals surface area contributed by atoms with Crippen molar-refractivity contribution in [2.45, 2.75) is 13.8 Å². The van der Waals surface area contributed by atoms with Gasteiger partial charge in [0.05, 0.1) is 30.5 Å². The van der Waals surface area contributed by atoms with Crippen LogP contribution in [0.25, 0.3) is 16.9 Å². The van der Waals surface area contributed by atoms with Gasteiger partial charge in [-0.05, 0) is 32.0 Å². The highest BCUT2D eigenvalue weighted by atomic mass is 16.5. The van der Waals surface area contributed by atoms with Gasteiger partial charge in [-0.2, -0.15) is 0 Å². The summed E-state index contributed by atoms with van der Waals surface area (Å²) < 4.78 is 7.51. The second-order valence-electron chi connectivity index (χ2n) is 6.52. The van der Waals surface area contributed by atoms with E-state index in [1.165, 1.54) is 0 Å². The summed E-state index contributed by atoms with van der Waals surface area (Å²) in [5.74, 6) is 1.28. The zero-order chi connectivity index (χ0) is 19.5. The molecule has 0 saturated carbocycles. The molecule has 0 atom stereocenters. The number of benzene rings is 2. The normalized spacial score (nSPS) is 10.7. The number of nitrogens with one attached hydrogen (secondary N) is 1. The van der Waals surface area contributed by atoms with Crippen LogP contribution in [-0.2, 0) is 0 Å². The molecule has 140 valence electrons. The summed E-state index contributed by atoms with van der Waals surface area (Å²) in [5.41, 5.74) is 5.55. The Labute approximate surface area is 163 Å². The van der Waals surface area contributed by atoms with E-state index in [9.17, 15) is 0 Å². The molecule has 2 heterocycles. The van der Waals surface area contributed by atoms with E-state index in [0.29, 0.717) is 5.95 Å². The number of methoxy groups -OCH3 is 1. The Balaban J connectivity index is 1.65. The summed E-state index contributed by atoms with van der Waals surface area (Å²) in [4.78, 5) is 13.5. The molecule has 6 heteroatoms. The van der Waals surface area contributed by atoms with E-state index < -0.39 is 0 Å². The second kappa shape index (κ2) is 7.52. The number of aromatic nitrogens is 4.